The van der Waals surface area contributed by atoms with Crippen LogP contribution in [-0.2, 0) is 9.59 Å². The second-order valence-corrected chi connectivity index (χ2v) is 4.56. The van der Waals surface area contributed by atoms with E-state index in [1.807, 2.05) is 0 Å². The second kappa shape index (κ2) is 5.12. The SMILES string of the molecule is Nc1ccc2c(O)n(C(CC(=O)O)CC(=O)O)cc2c1. The smallest absolute Gasteiger partial charge is 0.305 e. The normalized spacial score (nSPS) is 11.1. The van der Waals surface area contributed by atoms with Gasteiger partial charge >= 0.3 is 11.9 Å². The predicted molar refractivity (Wildman–Crippen MR) is 71.6 cm³/mol. The van der Waals surface area contributed by atoms with Crippen molar-refractivity contribution in [2.75, 3.05) is 5.73 Å². The first kappa shape index (κ1) is 13.7. The average molecular weight is 278 g/mol. The minimum absolute atomic E-state index is 0.160. The van der Waals surface area contributed by atoms with Gasteiger partial charge in [0.15, 0.2) is 5.88 Å². The molecule has 106 valence electrons. The van der Waals surface area contributed by atoms with Gasteiger partial charge in [0.05, 0.1) is 18.9 Å². The Hall–Kier alpha value is -2.70. The zero-order valence-corrected chi connectivity index (χ0v) is 10.5. The lowest BCUT2D eigenvalue weighted by molar-refractivity contribution is -0.140. The maximum Gasteiger partial charge on any atom is 0.305 e. The maximum absolute atomic E-state index is 10.8. The molecule has 1 heterocycles. The van der Waals surface area contributed by atoms with Crippen LogP contribution in [0.15, 0.2) is 24.4 Å². The molecule has 2 aromatic rings. The Kier molecular flexibility index (Phi) is 3.51. The fraction of sp³-hybridized carbons (Fsp3) is 0.231. The number of aromatic hydroxyl groups is 1. The number of hydrogen-bond acceptors (Lipinski definition) is 4. The molecule has 0 bridgehead atoms. The van der Waals surface area contributed by atoms with Crippen LogP contribution in [0.1, 0.15) is 18.9 Å². The van der Waals surface area contributed by atoms with Crippen LogP contribution >= 0.6 is 0 Å². The van der Waals surface area contributed by atoms with Crippen LogP contribution in [0.4, 0.5) is 5.69 Å². The minimum Gasteiger partial charge on any atom is -0.494 e. The lowest BCUT2D eigenvalue weighted by Crippen LogP contribution is -2.16. The van der Waals surface area contributed by atoms with E-state index in [0.29, 0.717) is 16.5 Å². The van der Waals surface area contributed by atoms with E-state index < -0.39 is 30.8 Å². The number of rotatable bonds is 5. The molecule has 0 aliphatic heterocycles. The topological polar surface area (TPSA) is 126 Å². The molecule has 0 unspecified atom stereocenters. The van der Waals surface area contributed by atoms with E-state index in [9.17, 15) is 14.7 Å². The van der Waals surface area contributed by atoms with E-state index in [0.717, 1.165) is 0 Å². The number of carbonyl (C=O) groups is 2. The summed E-state index contributed by atoms with van der Waals surface area (Å²) >= 11 is 0. The molecule has 0 spiro atoms. The van der Waals surface area contributed by atoms with Crippen LogP contribution < -0.4 is 5.73 Å². The van der Waals surface area contributed by atoms with Gasteiger partial charge in [-0.05, 0) is 18.2 Å². The van der Waals surface area contributed by atoms with Crippen LogP contribution in [0.2, 0.25) is 0 Å². The molecular formula is C13H14N2O5. The molecule has 7 heteroatoms. The van der Waals surface area contributed by atoms with Gasteiger partial charge in [0.25, 0.3) is 0 Å². The standard InChI is InChI=1S/C13H14N2O5/c14-8-1-2-10-7(3-8)6-15(13(10)20)9(4-11(16)17)5-12(18)19/h1-3,6,9,20H,4-5,14H2,(H,16,17)(H,18,19). The maximum atomic E-state index is 10.8. The molecule has 0 fully saturated rings. The summed E-state index contributed by atoms with van der Waals surface area (Å²) in [6, 6.07) is 3.98. The zero-order chi connectivity index (χ0) is 14.9. The molecule has 0 radical (unpaired) electrons. The summed E-state index contributed by atoms with van der Waals surface area (Å²) in [5.41, 5.74) is 6.14. The van der Waals surface area contributed by atoms with Gasteiger partial charge in [-0.3, -0.25) is 9.59 Å². The van der Waals surface area contributed by atoms with Crippen molar-refractivity contribution in [3.63, 3.8) is 0 Å². The van der Waals surface area contributed by atoms with E-state index in [-0.39, 0.29) is 5.88 Å². The van der Waals surface area contributed by atoms with Gasteiger partial charge in [-0.25, -0.2) is 0 Å². The van der Waals surface area contributed by atoms with Gasteiger partial charge in [-0.15, -0.1) is 0 Å². The summed E-state index contributed by atoms with van der Waals surface area (Å²) in [5, 5.41) is 29.0. The van der Waals surface area contributed by atoms with Crippen LogP contribution in [0.25, 0.3) is 10.8 Å². The number of fused-ring (bicyclic) bond motifs is 1. The fourth-order valence-electron chi connectivity index (χ4n) is 2.19. The number of anilines is 1. The van der Waals surface area contributed by atoms with Gasteiger partial charge in [0.1, 0.15) is 0 Å². The summed E-state index contributed by atoms with van der Waals surface area (Å²) in [6.45, 7) is 0. The lowest BCUT2D eigenvalue weighted by atomic mass is 10.1. The molecule has 0 amide bonds. The number of nitrogens with two attached hydrogens (primary N) is 1. The first-order chi connectivity index (χ1) is 9.38. The van der Waals surface area contributed by atoms with E-state index in [4.69, 9.17) is 15.9 Å². The van der Waals surface area contributed by atoms with Gasteiger partial charge in [0.2, 0.25) is 0 Å². The van der Waals surface area contributed by atoms with Crippen LogP contribution in [0.3, 0.4) is 0 Å². The van der Waals surface area contributed by atoms with E-state index in [2.05, 4.69) is 0 Å². The van der Waals surface area contributed by atoms with Crippen LogP contribution in [0.5, 0.6) is 5.88 Å². The number of carboxylic acid groups (broad SMARTS) is 2. The first-order valence-corrected chi connectivity index (χ1v) is 5.91. The van der Waals surface area contributed by atoms with Crippen molar-refractivity contribution in [1.82, 2.24) is 4.57 Å². The van der Waals surface area contributed by atoms with Crippen molar-refractivity contribution in [1.29, 1.82) is 0 Å². The van der Waals surface area contributed by atoms with E-state index in [1.54, 1.807) is 18.2 Å². The summed E-state index contributed by atoms with van der Waals surface area (Å²) < 4.78 is 1.27. The van der Waals surface area contributed by atoms with Crippen LogP contribution in [0, 0.1) is 0 Å². The molecule has 2 rings (SSSR count). The third-order valence-corrected chi connectivity index (χ3v) is 3.05. The van der Waals surface area contributed by atoms with Crippen molar-refractivity contribution in [2.45, 2.75) is 18.9 Å². The zero-order valence-electron chi connectivity index (χ0n) is 10.5. The molecular weight excluding hydrogens is 264 g/mol. The molecule has 0 aliphatic rings. The Bertz CT molecular complexity index is 661. The van der Waals surface area contributed by atoms with Gasteiger partial charge in [0, 0.05) is 22.7 Å². The molecule has 0 saturated carbocycles. The largest absolute Gasteiger partial charge is 0.494 e. The monoisotopic (exact) mass is 278 g/mol. The van der Waals surface area contributed by atoms with E-state index >= 15 is 0 Å². The molecule has 7 nitrogen and oxygen atoms in total. The third kappa shape index (κ3) is 2.66. The fourth-order valence-corrected chi connectivity index (χ4v) is 2.19. The lowest BCUT2D eigenvalue weighted by Gasteiger charge is -2.15. The Balaban J connectivity index is 2.49. The predicted octanol–water partition coefficient (Wildman–Crippen LogP) is 1.42. The quantitative estimate of drug-likeness (QED) is 0.613. The highest BCUT2D eigenvalue weighted by Crippen LogP contribution is 2.33. The second-order valence-electron chi connectivity index (χ2n) is 4.56. The summed E-state index contributed by atoms with van der Waals surface area (Å²) in [5.74, 6) is -2.42. The summed E-state index contributed by atoms with van der Waals surface area (Å²) in [7, 11) is 0. The number of nitrogens with zero attached hydrogens (tertiary/aromatic N) is 1. The van der Waals surface area contributed by atoms with Crippen molar-refractivity contribution in [2.24, 2.45) is 0 Å². The van der Waals surface area contributed by atoms with E-state index in [1.165, 1.54) is 10.8 Å². The highest BCUT2D eigenvalue weighted by Gasteiger charge is 2.22. The van der Waals surface area contributed by atoms with Gasteiger partial charge < -0.3 is 25.6 Å². The highest BCUT2D eigenvalue weighted by molar-refractivity contribution is 5.90. The molecule has 20 heavy (non-hydrogen) atoms. The van der Waals surface area contributed by atoms with Crippen molar-refractivity contribution < 1.29 is 24.9 Å². The Morgan fingerprint density at radius 3 is 2.35 bits per heavy atom. The molecule has 0 atom stereocenters. The highest BCUT2D eigenvalue weighted by atomic mass is 16.4. The summed E-state index contributed by atoms with van der Waals surface area (Å²) in [4.78, 5) is 21.7. The van der Waals surface area contributed by atoms with Gasteiger partial charge in [-0.2, -0.15) is 0 Å². The first-order valence-electron chi connectivity index (χ1n) is 5.91. The number of aliphatic carboxylic acids is 2. The van der Waals surface area contributed by atoms with Gasteiger partial charge in [-0.1, -0.05) is 0 Å². The molecule has 1 aromatic heterocycles. The molecule has 0 aliphatic carbocycles. The third-order valence-electron chi connectivity index (χ3n) is 3.05. The van der Waals surface area contributed by atoms with Crippen molar-refractivity contribution >= 4 is 28.4 Å². The summed E-state index contributed by atoms with van der Waals surface area (Å²) in [6.07, 6.45) is 0.726. The minimum atomic E-state index is -1.13. The van der Waals surface area contributed by atoms with Crippen molar-refractivity contribution in [3.05, 3.63) is 24.4 Å². The molecule has 1 aromatic carbocycles. The Morgan fingerprint density at radius 2 is 1.80 bits per heavy atom. The number of aromatic nitrogens is 1. The number of carboxylic acids is 2. The number of hydrogen-bond donors (Lipinski definition) is 4. The van der Waals surface area contributed by atoms with Crippen LogP contribution in [-0.4, -0.2) is 31.8 Å². The Labute approximate surface area is 113 Å². The number of nitrogen functional groups attached to an aromatic ring is 1. The average Bonchev–Trinajstić information content (AvgIpc) is 2.64. The number of benzene rings is 1. The Morgan fingerprint density at radius 1 is 1.20 bits per heavy atom. The molecule has 0 saturated heterocycles. The van der Waals surface area contributed by atoms with Crippen molar-refractivity contribution in [3.8, 4) is 5.88 Å². The molecule has 5 N–H and O–H groups in total.